The second-order valence-electron chi connectivity index (χ2n) is 7.01. The highest BCUT2D eigenvalue weighted by atomic mass is 16.5. The molecule has 0 saturated heterocycles. The number of hydrogen-bond acceptors (Lipinski definition) is 3. The van der Waals surface area contributed by atoms with Gasteiger partial charge in [-0.1, -0.05) is 25.0 Å². The zero-order chi connectivity index (χ0) is 18.2. The van der Waals surface area contributed by atoms with Gasteiger partial charge in [-0.3, -0.25) is 0 Å². The molecule has 0 aromatic heterocycles. The van der Waals surface area contributed by atoms with Crippen LogP contribution in [0.1, 0.15) is 51.1 Å². The van der Waals surface area contributed by atoms with Crippen LogP contribution in [0.4, 0.5) is 4.79 Å². The van der Waals surface area contributed by atoms with Gasteiger partial charge in [0.1, 0.15) is 5.75 Å². The highest BCUT2D eigenvalue weighted by molar-refractivity contribution is 5.74. The molecule has 140 valence electrons. The highest BCUT2D eigenvalue weighted by Crippen LogP contribution is 2.22. The molecule has 1 aromatic rings. The molecule has 0 unspecified atom stereocenters. The zero-order valence-corrected chi connectivity index (χ0v) is 16.1. The molecule has 1 aliphatic rings. The molecule has 2 rings (SSSR count). The van der Waals surface area contributed by atoms with Gasteiger partial charge in [-0.15, -0.1) is 0 Å². The third-order valence-corrected chi connectivity index (χ3v) is 5.11. The van der Waals surface area contributed by atoms with E-state index in [1.54, 1.807) is 4.90 Å². The minimum absolute atomic E-state index is 0.0267. The fourth-order valence-corrected chi connectivity index (χ4v) is 3.34. The van der Waals surface area contributed by atoms with E-state index in [4.69, 9.17) is 4.74 Å². The van der Waals surface area contributed by atoms with Crippen LogP contribution in [0.15, 0.2) is 24.3 Å². The van der Waals surface area contributed by atoms with E-state index in [0.717, 1.165) is 24.4 Å². The first-order valence-corrected chi connectivity index (χ1v) is 9.46. The first-order valence-electron chi connectivity index (χ1n) is 9.46. The number of urea groups is 1. The van der Waals surface area contributed by atoms with Crippen LogP contribution in [0, 0.1) is 0 Å². The van der Waals surface area contributed by atoms with Gasteiger partial charge < -0.3 is 19.9 Å². The van der Waals surface area contributed by atoms with Crippen molar-refractivity contribution in [3.8, 4) is 5.75 Å². The van der Waals surface area contributed by atoms with Gasteiger partial charge in [0.15, 0.2) is 0 Å². The fraction of sp³-hybridized carbons (Fsp3) is 0.650. The Kier molecular flexibility index (Phi) is 7.56. The third-order valence-electron chi connectivity index (χ3n) is 5.11. The largest absolute Gasteiger partial charge is 0.494 e. The van der Waals surface area contributed by atoms with Crippen LogP contribution in [0.25, 0.3) is 0 Å². The molecule has 0 aliphatic heterocycles. The molecule has 25 heavy (non-hydrogen) atoms. The number of rotatable bonds is 8. The second kappa shape index (κ2) is 9.66. The predicted molar refractivity (Wildman–Crippen MR) is 102 cm³/mol. The molecular weight excluding hydrogens is 314 g/mol. The monoisotopic (exact) mass is 347 g/mol. The van der Waals surface area contributed by atoms with Crippen molar-refractivity contribution in [1.82, 2.24) is 15.1 Å². The molecule has 5 heteroatoms. The minimum atomic E-state index is -0.0295. The maximum Gasteiger partial charge on any atom is 0.317 e. The summed E-state index contributed by atoms with van der Waals surface area (Å²) in [4.78, 5) is 16.6. The molecule has 1 saturated carbocycles. The number of nitrogens with zero attached hydrogens (tertiary/aromatic N) is 2. The summed E-state index contributed by atoms with van der Waals surface area (Å²) in [7, 11) is 4.03. The van der Waals surface area contributed by atoms with E-state index in [1.165, 1.54) is 25.7 Å². The average Bonchev–Trinajstić information content (AvgIpc) is 3.15. The maximum absolute atomic E-state index is 12.4. The van der Waals surface area contributed by atoms with E-state index in [0.29, 0.717) is 12.6 Å². The van der Waals surface area contributed by atoms with Crippen LogP contribution in [0.3, 0.4) is 0 Å². The van der Waals surface area contributed by atoms with Crippen molar-refractivity contribution in [3.63, 3.8) is 0 Å². The van der Waals surface area contributed by atoms with Crippen molar-refractivity contribution in [1.29, 1.82) is 0 Å². The Morgan fingerprint density at radius 3 is 2.44 bits per heavy atom. The van der Waals surface area contributed by atoms with Gasteiger partial charge in [0.25, 0.3) is 0 Å². The highest BCUT2D eigenvalue weighted by Gasteiger charge is 2.20. The van der Waals surface area contributed by atoms with Crippen LogP contribution >= 0.6 is 0 Å². The Balaban J connectivity index is 1.77. The standard InChI is InChI=1S/C20H33N3O2/c1-5-25-19-12-10-17(11-13-19)16(2)21-20(24)23(4)15-14-22(3)18-8-6-7-9-18/h10-13,16,18H,5-9,14-15H2,1-4H3,(H,21,24)/t16-/m0/s1. The van der Waals surface area contributed by atoms with Gasteiger partial charge in [-0.2, -0.15) is 0 Å². The fourth-order valence-electron chi connectivity index (χ4n) is 3.34. The van der Waals surface area contributed by atoms with Crippen LogP contribution in [-0.4, -0.2) is 55.7 Å². The normalized spacial score (nSPS) is 16.0. The van der Waals surface area contributed by atoms with Crippen molar-refractivity contribution >= 4 is 6.03 Å². The number of nitrogens with one attached hydrogen (secondary N) is 1. The molecule has 5 nitrogen and oxygen atoms in total. The minimum Gasteiger partial charge on any atom is -0.494 e. The molecule has 1 aromatic carbocycles. The summed E-state index contributed by atoms with van der Waals surface area (Å²) in [6, 6.07) is 8.54. The Hall–Kier alpha value is -1.75. The van der Waals surface area contributed by atoms with Crippen LogP contribution in [0.2, 0.25) is 0 Å². The molecule has 0 heterocycles. The summed E-state index contributed by atoms with van der Waals surface area (Å²) < 4.78 is 5.46. The summed E-state index contributed by atoms with van der Waals surface area (Å²) in [5, 5.41) is 3.07. The molecule has 1 fully saturated rings. The average molecular weight is 348 g/mol. The lowest BCUT2D eigenvalue weighted by Crippen LogP contribution is -2.43. The summed E-state index contributed by atoms with van der Waals surface area (Å²) in [5.74, 6) is 0.858. The first kappa shape index (κ1) is 19.6. The van der Waals surface area contributed by atoms with E-state index < -0.39 is 0 Å². The zero-order valence-electron chi connectivity index (χ0n) is 16.1. The van der Waals surface area contributed by atoms with Gasteiger partial charge in [-0.25, -0.2) is 4.79 Å². The number of likely N-dealkylation sites (N-methyl/N-ethyl adjacent to an activating group) is 2. The van der Waals surface area contributed by atoms with E-state index in [-0.39, 0.29) is 12.1 Å². The third kappa shape index (κ3) is 5.92. The first-order chi connectivity index (χ1) is 12.0. The predicted octanol–water partition coefficient (Wildman–Crippen LogP) is 3.66. The quantitative estimate of drug-likeness (QED) is 0.780. The lowest BCUT2D eigenvalue weighted by Gasteiger charge is -2.27. The molecule has 2 amide bonds. The number of amides is 2. The molecule has 0 spiro atoms. The number of carbonyl (C=O) groups excluding carboxylic acids is 1. The Labute approximate surface area is 152 Å². The number of ether oxygens (including phenoxy) is 1. The van der Waals surface area contributed by atoms with Crippen molar-refractivity contribution in [3.05, 3.63) is 29.8 Å². The SMILES string of the molecule is CCOc1ccc([C@H](C)NC(=O)N(C)CCN(C)C2CCCC2)cc1. The topological polar surface area (TPSA) is 44.8 Å². The van der Waals surface area contributed by atoms with Crippen molar-refractivity contribution < 1.29 is 9.53 Å². The Bertz CT molecular complexity index is 526. The maximum atomic E-state index is 12.4. The smallest absolute Gasteiger partial charge is 0.317 e. The summed E-state index contributed by atoms with van der Waals surface area (Å²) in [6.45, 7) is 6.30. The number of benzene rings is 1. The van der Waals surface area contributed by atoms with Gasteiger partial charge >= 0.3 is 6.03 Å². The van der Waals surface area contributed by atoms with Gasteiger partial charge in [0.2, 0.25) is 0 Å². The molecule has 0 radical (unpaired) electrons. The molecule has 0 bridgehead atoms. The summed E-state index contributed by atoms with van der Waals surface area (Å²) in [6.07, 6.45) is 5.26. The lowest BCUT2D eigenvalue weighted by molar-refractivity contribution is 0.186. The lowest BCUT2D eigenvalue weighted by atomic mass is 10.1. The van der Waals surface area contributed by atoms with Crippen LogP contribution < -0.4 is 10.1 Å². The van der Waals surface area contributed by atoms with E-state index in [9.17, 15) is 4.79 Å². The van der Waals surface area contributed by atoms with Gasteiger partial charge in [0, 0.05) is 26.2 Å². The summed E-state index contributed by atoms with van der Waals surface area (Å²) in [5.41, 5.74) is 1.08. The second-order valence-corrected chi connectivity index (χ2v) is 7.01. The van der Waals surface area contributed by atoms with E-state index in [2.05, 4.69) is 17.3 Å². The molecular formula is C20H33N3O2. The van der Waals surface area contributed by atoms with Crippen LogP contribution in [-0.2, 0) is 0 Å². The van der Waals surface area contributed by atoms with Crippen LogP contribution in [0.5, 0.6) is 5.75 Å². The summed E-state index contributed by atoms with van der Waals surface area (Å²) >= 11 is 0. The molecule has 1 atom stereocenters. The molecule has 1 aliphatic carbocycles. The number of hydrogen-bond donors (Lipinski definition) is 1. The number of carbonyl (C=O) groups is 1. The van der Waals surface area contributed by atoms with Crippen molar-refractivity contribution in [2.45, 2.75) is 51.6 Å². The van der Waals surface area contributed by atoms with Gasteiger partial charge in [0.05, 0.1) is 12.6 Å². The van der Waals surface area contributed by atoms with E-state index in [1.807, 2.05) is 45.2 Å². The van der Waals surface area contributed by atoms with E-state index >= 15 is 0 Å². The molecule has 1 N–H and O–H groups in total. The Morgan fingerprint density at radius 2 is 1.84 bits per heavy atom. The van der Waals surface area contributed by atoms with Crippen molar-refractivity contribution in [2.24, 2.45) is 0 Å². The Morgan fingerprint density at radius 1 is 1.20 bits per heavy atom. The van der Waals surface area contributed by atoms with Gasteiger partial charge in [-0.05, 0) is 51.4 Å². The van der Waals surface area contributed by atoms with Crippen molar-refractivity contribution in [2.75, 3.05) is 33.8 Å².